The molecule has 0 radical (unpaired) electrons. The van der Waals surface area contributed by atoms with E-state index in [0.717, 1.165) is 43.6 Å². The molecule has 0 spiro atoms. The quantitative estimate of drug-likeness (QED) is 0.718. The van der Waals surface area contributed by atoms with E-state index in [1.807, 2.05) is 6.07 Å². The minimum Gasteiger partial charge on any atom is -0.381 e. The van der Waals surface area contributed by atoms with Crippen LogP contribution in [0.15, 0.2) is 29.5 Å². The number of hydrogen-bond acceptors (Lipinski definition) is 7. The van der Waals surface area contributed by atoms with Gasteiger partial charge in [0.15, 0.2) is 5.52 Å². The van der Waals surface area contributed by atoms with Crippen molar-refractivity contribution < 1.29 is 4.74 Å². The third kappa shape index (κ3) is 3.10. The van der Waals surface area contributed by atoms with Crippen molar-refractivity contribution in [2.24, 2.45) is 5.92 Å². The van der Waals surface area contributed by atoms with E-state index >= 15 is 0 Å². The predicted octanol–water partition coefficient (Wildman–Crippen LogP) is 0.947. The summed E-state index contributed by atoms with van der Waals surface area (Å²) in [5.74, 6) is 3.06. The van der Waals surface area contributed by atoms with Crippen LogP contribution < -0.4 is 5.56 Å². The molecule has 3 unspecified atom stereocenters. The van der Waals surface area contributed by atoms with E-state index in [2.05, 4.69) is 31.8 Å². The third-order valence-corrected chi connectivity index (χ3v) is 5.76. The lowest BCUT2D eigenvalue weighted by Crippen LogP contribution is -2.24. The fourth-order valence-electron chi connectivity index (χ4n) is 4.28. The maximum Gasteiger partial charge on any atom is 0.276 e. The number of aromatic amines is 1. The Morgan fingerprint density at radius 1 is 1.25 bits per heavy atom. The Morgan fingerprint density at radius 2 is 2.11 bits per heavy atom. The summed E-state index contributed by atoms with van der Waals surface area (Å²) in [5.41, 5.74) is 0.352. The topological polar surface area (TPSA) is 101 Å². The van der Waals surface area contributed by atoms with Gasteiger partial charge >= 0.3 is 0 Å². The van der Waals surface area contributed by atoms with Crippen LogP contribution in [-0.4, -0.2) is 60.8 Å². The highest BCUT2D eigenvalue weighted by Crippen LogP contribution is 2.31. The second-order valence-electron chi connectivity index (χ2n) is 7.76. The fraction of sp³-hybridized carbons (Fsp3) is 0.526. The zero-order chi connectivity index (χ0) is 19.1. The number of nitrogens with one attached hydrogen (secondary N) is 1. The van der Waals surface area contributed by atoms with E-state index in [4.69, 9.17) is 9.84 Å². The molecule has 2 saturated heterocycles. The van der Waals surface area contributed by atoms with Crippen molar-refractivity contribution in [1.82, 2.24) is 34.4 Å². The normalized spacial score (nSPS) is 25.7. The van der Waals surface area contributed by atoms with Gasteiger partial charge in [-0.05, 0) is 18.4 Å². The molecule has 0 bridgehead atoms. The Kier molecular flexibility index (Phi) is 4.40. The van der Waals surface area contributed by atoms with Crippen molar-refractivity contribution in [2.45, 2.75) is 31.7 Å². The Hall–Kier alpha value is -2.65. The lowest BCUT2D eigenvalue weighted by Gasteiger charge is -2.15. The van der Waals surface area contributed by atoms with Gasteiger partial charge in [-0.25, -0.2) is 19.5 Å². The number of rotatable bonds is 4. The summed E-state index contributed by atoms with van der Waals surface area (Å²) in [4.78, 5) is 31.1. The van der Waals surface area contributed by atoms with Gasteiger partial charge in [0.2, 0.25) is 0 Å². The van der Waals surface area contributed by atoms with E-state index < -0.39 is 0 Å². The average molecular weight is 381 g/mol. The molecule has 1 N–H and O–H groups in total. The second-order valence-corrected chi connectivity index (χ2v) is 7.76. The molecule has 9 heteroatoms. The number of hydrogen-bond donors (Lipinski definition) is 1. The summed E-state index contributed by atoms with van der Waals surface area (Å²) in [6, 6.07) is 1.82. The molecule has 9 nitrogen and oxygen atoms in total. The molecule has 0 aromatic carbocycles. The first kappa shape index (κ1) is 17.4. The van der Waals surface area contributed by atoms with Crippen LogP contribution in [0.1, 0.15) is 42.7 Å². The lowest BCUT2D eigenvalue weighted by molar-refractivity contribution is 0.193. The van der Waals surface area contributed by atoms with E-state index in [-0.39, 0.29) is 17.4 Å². The van der Waals surface area contributed by atoms with Crippen LogP contribution in [-0.2, 0) is 11.3 Å². The molecule has 3 aromatic heterocycles. The summed E-state index contributed by atoms with van der Waals surface area (Å²) >= 11 is 0. The lowest BCUT2D eigenvalue weighted by atomic mass is 9.97. The predicted molar refractivity (Wildman–Crippen MR) is 101 cm³/mol. The summed E-state index contributed by atoms with van der Waals surface area (Å²) in [7, 11) is 0. The summed E-state index contributed by atoms with van der Waals surface area (Å²) in [5, 5.41) is 4.80. The number of nitrogens with zero attached hydrogens (tertiary/aromatic N) is 6. The van der Waals surface area contributed by atoms with Gasteiger partial charge in [-0.15, -0.1) is 0 Å². The Balaban J connectivity index is 1.43. The van der Waals surface area contributed by atoms with Gasteiger partial charge in [-0.2, -0.15) is 5.10 Å². The molecule has 0 saturated carbocycles. The Morgan fingerprint density at radius 3 is 2.89 bits per heavy atom. The van der Waals surface area contributed by atoms with Gasteiger partial charge in [0.1, 0.15) is 17.5 Å². The molecular weight excluding hydrogens is 358 g/mol. The number of H-pyrrole nitrogens is 1. The molecule has 2 fully saturated rings. The van der Waals surface area contributed by atoms with Crippen molar-refractivity contribution in [3.8, 4) is 0 Å². The van der Waals surface area contributed by atoms with E-state index in [0.29, 0.717) is 24.6 Å². The van der Waals surface area contributed by atoms with Crippen LogP contribution in [0, 0.1) is 5.92 Å². The second kappa shape index (κ2) is 7.06. The highest BCUT2D eigenvalue weighted by Gasteiger charge is 2.34. The van der Waals surface area contributed by atoms with Crippen LogP contribution in [0.3, 0.4) is 0 Å². The third-order valence-electron chi connectivity index (χ3n) is 5.76. The molecule has 146 valence electrons. The highest BCUT2D eigenvalue weighted by molar-refractivity contribution is 5.42. The first-order valence-electron chi connectivity index (χ1n) is 9.73. The SMILES string of the molecule is CC1CN(Cc2ncccn2)CC1c1nn2c(C3CCOC3)ncc2c(=O)[nH]1. The maximum atomic E-state index is 12.6. The molecule has 5 rings (SSSR count). The summed E-state index contributed by atoms with van der Waals surface area (Å²) in [6.07, 6.45) is 6.05. The van der Waals surface area contributed by atoms with Crippen LogP contribution in [0.25, 0.3) is 5.52 Å². The van der Waals surface area contributed by atoms with Gasteiger partial charge < -0.3 is 9.72 Å². The minimum atomic E-state index is -0.139. The van der Waals surface area contributed by atoms with Crippen LogP contribution >= 0.6 is 0 Å². The zero-order valence-corrected chi connectivity index (χ0v) is 15.8. The average Bonchev–Trinajstić information content (AvgIpc) is 3.42. The first-order chi connectivity index (χ1) is 13.7. The molecule has 0 amide bonds. The van der Waals surface area contributed by atoms with Gasteiger partial charge in [0.05, 0.1) is 19.3 Å². The first-order valence-corrected chi connectivity index (χ1v) is 9.73. The molecule has 3 aromatic rings. The number of aromatic nitrogens is 6. The molecule has 3 atom stereocenters. The van der Waals surface area contributed by atoms with Crippen molar-refractivity contribution in [1.29, 1.82) is 0 Å². The number of fused-ring (bicyclic) bond motifs is 1. The number of ether oxygens (including phenoxy) is 1. The summed E-state index contributed by atoms with van der Waals surface area (Å²) < 4.78 is 7.22. The minimum absolute atomic E-state index is 0.139. The molecule has 2 aliphatic heterocycles. The monoisotopic (exact) mass is 381 g/mol. The van der Waals surface area contributed by atoms with Gasteiger partial charge in [-0.3, -0.25) is 9.69 Å². The molecule has 28 heavy (non-hydrogen) atoms. The highest BCUT2D eigenvalue weighted by atomic mass is 16.5. The van der Waals surface area contributed by atoms with Crippen molar-refractivity contribution in [2.75, 3.05) is 26.3 Å². The van der Waals surface area contributed by atoms with Crippen LogP contribution in [0.2, 0.25) is 0 Å². The number of imidazole rings is 1. The van der Waals surface area contributed by atoms with Crippen LogP contribution in [0.4, 0.5) is 0 Å². The van der Waals surface area contributed by atoms with Crippen molar-refractivity contribution in [3.05, 3.63) is 52.5 Å². The molecule has 5 heterocycles. The standard InChI is InChI=1S/C19H23N7O2/c1-12-8-25(10-16-20-4-2-5-21-16)9-14(12)17-23-19(27)15-7-22-18(26(15)24-17)13-3-6-28-11-13/h2,4-5,7,12-14H,3,6,8-11H2,1H3,(H,23,24,27). The van der Waals surface area contributed by atoms with Crippen LogP contribution in [0.5, 0.6) is 0 Å². The summed E-state index contributed by atoms with van der Waals surface area (Å²) in [6.45, 7) is 5.98. The Bertz CT molecular complexity index is 1030. The number of likely N-dealkylation sites (tertiary alicyclic amines) is 1. The van der Waals surface area contributed by atoms with E-state index in [1.165, 1.54) is 0 Å². The molecule has 0 aliphatic carbocycles. The fourth-order valence-corrected chi connectivity index (χ4v) is 4.28. The molecular formula is C19H23N7O2. The Labute approximate surface area is 161 Å². The smallest absolute Gasteiger partial charge is 0.276 e. The van der Waals surface area contributed by atoms with E-state index in [1.54, 1.807) is 23.1 Å². The maximum absolute atomic E-state index is 12.6. The van der Waals surface area contributed by atoms with Gasteiger partial charge in [0.25, 0.3) is 5.56 Å². The molecule has 2 aliphatic rings. The van der Waals surface area contributed by atoms with E-state index in [9.17, 15) is 4.79 Å². The zero-order valence-electron chi connectivity index (χ0n) is 15.8. The van der Waals surface area contributed by atoms with Gasteiger partial charge in [-0.1, -0.05) is 6.92 Å². The van der Waals surface area contributed by atoms with Gasteiger partial charge in [0, 0.05) is 43.9 Å². The van der Waals surface area contributed by atoms with Crippen molar-refractivity contribution in [3.63, 3.8) is 0 Å². The van der Waals surface area contributed by atoms with Crippen molar-refractivity contribution >= 4 is 5.52 Å². The largest absolute Gasteiger partial charge is 0.381 e.